The summed E-state index contributed by atoms with van der Waals surface area (Å²) in [5.74, 6) is 0.297. The van der Waals surface area contributed by atoms with Gasteiger partial charge in [0.2, 0.25) is 10.0 Å². The van der Waals surface area contributed by atoms with E-state index >= 15 is 0 Å². The van der Waals surface area contributed by atoms with E-state index in [0.29, 0.717) is 42.3 Å². The van der Waals surface area contributed by atoms with Crippen molar-refractivity contribution in [3.63, 3.8) is 0 Å². The predicted molar refractivity (Wildman–Crippen MR) is 116 cm³/mol. The average Bonchev–Trinajstić information content (AvgIpc) is 2.72. The first-order valence-electron chi connectivity index (χ1n) is 9.47. The third kappa shape index (κ3) is 4.99. The van der Waals surface area contributed by atoms with Gasteiger partial charge in [-0.25, -0.2) is 23.1 Å². The number of ether oxygens (including phenoxy) is 1. The van der Waals surface area contributed by atoms with Gasteiger partial charge < -0.3 is 10.5 Å². The molecule has 0 spiro atoms. The summed E-state index contributed by atoms with van der Waals surface area (Å²) < 4.78 is 32.9. The van der Waals surface area contributed by atoms with Gasteiger partial charge in [-0.15, -0.1) is 0 Å². The van der Waals surface area contributed by atoms with Crippen molar-refractivity contribution in [3.05, 3.63) is 54.0 Å². The minimum absolute atomic E-state index is 0.167. The van der Waals surface area contributed by atoms with Crippen LogP contribution in [-0.4, -0.2) is 43.6 Å². The maximum Gasteiger partial charge on any atom is 0.240 e. The smallest absolute Gasteiger partial charge is 0.240 e. The number of aryl methyl sites for hydroxylation is 2. The number of hydrogen-bond acceptors (Lipinski definition) is 7. The van der Waals surface area contributed by atoms with Crippen molar-refractivity contribution in [1.29, 1.82) is 0 Å². The largest absolute Gasteiger partial charge is 0.385 e. The molecule has 0 aliphatic carbocycles. The summed E-state index contributed by atoms with van der Waals surface area (Å²) in [6.45, 7) is 4.56. The summed E-state index contributed by atoms with van der Waals surface area (Å²) in [4.78, 5) is 13.3. The van der Waals surface area contributed by atoms with Gasteiger partial charge in [0.05, 0.1) is 16.8 Å². The molecule has 30 heavy (non-hydrogen) atoms. The molecule has 8 nitrogen and oxygen atoms in total. The number of nitrogens with two attached hydrogens (primary N) is 1. The van der Waals surface area contributed by atoms with Gasteiger partial charge in [0.15, 0.2) is 0 Å². The molecule has 0 aliphatic rings. The summed E-state index contributed by atoms with van der Waals surface area (Å²) in [5, 5.41) is 0. The summed E-state index contributed by atoms with van der Waals surface area (Å²) in [7, 11) is -2.07. The van der Waals surface area contributed by atoms with Crippen LogP contribution in [-0.2, 0) is 14.8 Å². The second kappa shape index (κ2) is 9.29. The number of pyridine rings is 1. The number of rotatable bonds is 8. The van der Waals surface area contributed by atoms with Gasteiger partial charge in [-0.3, -0.25) is 4.98 Å². The molecular weight excluding hydrogens is 402 g/mol. The van der Waals surface area contributed by atoms with Crippen LogP contribution in [0.5, 0.6) is 0 Å². The molecule has 0 fully saturated rings. The van der Waals surface area contributed by atoms with E-state index < -0.39 is 10.0 Å². The normalized spacial score (nSPS) is 11.6. The number of anilines is 1. The van der Waals surface area contributed by atoms with Crippen LogP contribution in [0.15, 0.2) is 47.6 Å². The fraction of sp³-hybridized carbons (Fsp3) is 0.286. The number of methoxy groups -OCH3 is 1. The third-order valence-electron chi connectivity index (χ3n) is 4.58. The zero-order chi connectivity index (χ0) is 21.7. The Morgan fingerprint density at radius 1 is 1.13 bits per heavy atom. The van der Waals surface area contributed by atoms with Crippen molar-refractivity contribution < 1.29 is 13.2 Å². The number of nitrogen functional groups attached to an aromatic ring is 1. The number of hydrogen-bond donors (Lipinski definition) is 2. The highest BCUT2D eigenvalue weighted by atomic mass is 32.2. The molecule has 2 aromatic heterocycles. The molecular formula is C21H25N5O3S. The zero-order valence-corrected chi connectivity index (χ0v) is 18.0. The first-order valence-corrected chi connectivity index (χ1v) is 11.0. The molecule has 0 radical (unpaired) electrons. The van der Waals surface area contributed by atoms with Crippen LogP contribution < -0.4 is 10.5 Å². The minimum atomic E-state index is -3.65. The van der Waals surface area contributed by atoms with E-state index in [1.807, 2.05) is 26.0 Å². The van der Waals surface area contributed by atoms with Gasteiger partial charge in [0.1, 0.15) is 11.5 Å². The second-order valence-corrected chi connectivity index (χ2v) is 8.66. The Morgan fingerprint density at radius 3 is 2.67 bits per heavy atom. The van der Waals surface area contributed by atoms with Gasteiger partial charge in [0, 0.05) is 43.3 Å². The van der Waals surface area contributed by atoms with E-state index in [1.165, 1.54) is 0 Å². The van der Waals surface area contributed by atoms with Crippen LogP contribution >= 0.6 is 0 Å². The molecule has 3 rings (SSSR count). The van der Waals surface area contributed by atoms with Crippen molar-refractivity contribution in [2.75, 3.05) is 26.0 Å². The number of benzene rings is 1. The third-order valence-corrected chi connectivity index (χ3v) is 6.04. The molecule has 0 amide bonds. The number of aromatic nitrogens is 3. The fourth-order valence-electron chi connectivity index (χ4n) is 2.98. The van der Waals surface area contributed by atoms with E-state index in [4.69, 9.17) is 10.5 Å². The molecule has 0 aliphatic heterocycles. The maximum atomic E-state index is 12.7. The summed E-state index contributed by atoms with van der Waals surface area (Å²) >= 11 is 0. The van der Waals surface area contributed by atoms with E-state index in [0.717, 1.165) is 16.8 Å². The van der Waals surface area contributed by atoms with Gasteiger partial charge in [-0.2, -0.15) is 0 Å². The zero-order valence-electron chi connectivity index (χ0n) is 17.2. The number of nitrogens with zero attached hydrogens (tertiary/aromatic N) is 3. The molecule has 0 bridgehead atoms. The number of nitrogens with one attached hydrogen (secondary N) is 1. The minimum Gasteiger partial charge on any atom is -0.385 e. The predicted octanol–water partition coefficient (Wildman–Crippen LogP) is 2.72. The Kier molecular flexibility index (Phi) is 6.76. The van der Waals surface area contributed by atoms with E-state index in [1.54, 1.807) is 37.7 Å². The van der Waals surface area contributed by atoms with Crippen molar-refractivity contribution in [2.45, 2.75) is 25.2 Å². The van der Waals surface area contributed by atoms with Crippen molar-refractivity contribution >= 4 is 15.8 Å². The molecule has 0 atom stereocenters. The summed E-state index contributed by atoms with van der Waals surface area (Å²) in [6.07, 6.45) is 3.83. The van der Waals surface area contributed by atoms with E-state index in [9.17, 15) is 8.42 Å². The maximum absolute atomic E-state index is 12.7. The topological polar surface area (TPSA) is 120 Å². The van der Waals surface area contributed by atoms with Gasteiger partial charge in [-0.05, 0) is 50.1 Å². The Balaban J connectivity index is 1.98. The monoisotopic (exact) mass is 427 g/mol. The lowest BCUT2D eigenvalue weighted by Crippen LogP contribution is -2.25. The quantitative estimate of drug-likeness (QED) is 0.530. The molecule has 1 aromatic carbocycles. The molecule has 3 N–H and O–H groups in total. The molecule has 3 aromatic rings. The van der Waals surface area contributed by atoms with Gasteiger partial charge in [-0.1, -0.05) is 6.07 Å². The lowest BCUT2D eigenvalue weighted by atomic mass is 10.1. The highest BCUT2D eigenvalue weighted by Crippen LogP contribution is 2.29. The molecule has 9 heteroatoms. The lowest BCUT2D eigenvalue weighted by molar-refractivity contribution is 0.196. The van der Waals surface area contributed by atoms with E-state index in [-0.39, 0.29) is 4.90 Å². The standard InChI is InChI=1S/C21H25N5O3S/c1-14-5-6-17(30(27,28)25-8-4-10-29-3)12-18(14)19-13-24-21(22)20(26-19)16-7-9-23-15(2)11-16/h5-7,9,11-13,25H,4,8,10H2,1-3H3,(H2,22,24). The van der Waals surface area contributed by atoms with Crippen LogP contribution in [0.3, 0.4) is 0 Å². The Bertz CT molecular complexity index is 1150. The molecule has 2 heterocycles. The van der Waals surface area contributed by atoms with Crippen molar-refractivity contribution in [1.82, 2.24) is 19.7 Å². The number of sulfonamides is 1. The Hall–Kier alpha value is -2.88. The van der Waals surface area contributed by atoms with Crippen LogP contribution in [0, 0.1) is 13.8 Å². The Labute approximate surface area is 176 Å². The van der Waals surface area contributed by atoms with Crippen LogP contribution in [0.4, 0.5) is 5.82 Å². The van der Waals surface area contributed by atoms with Crippen LogP contribution in [0.25, 0.3) is 22.5 Å². The lowest BCUT2D eigenvalue weighted by Gasteiger charge is -2.12. The SMILES string of the molecule is COCCCNS(=O)(=O)c1ccc(C)c(-c2cnc(N)c(-c3ccnc(C)c3)n2)c1. The average molecular weight is 428 g/mol. The Morgan fingerprint density at radius 2 is 1.93 bits per heavy atom. The highest BCUT2D eigenvalue weighted by molar-refractivity contribution is 7.89. The highest BCUT2D eigenvalue weighted by Gasteiger charge is 2.17. The second-order valence-electron chi connectivity index (χ2n) is 6.90. The molecule has 0 unspecified atom stereocenters. The summed E-state index contributed by atoms with van der Waals surface area (Å²) in [6, 6.07) is 8.63. The van der Waals surface area contributed by atoms with Crippen LogP contribution in [0.1, 0.15) is 17.7 Å². The first kappa shape index (κ1) is 21.8. The fourth-order valence-corrected chi connectivity index (χ4v) is 4.08. The van der Waals surface area contributed by atoms with Gasteiger partial charge in [0.25, 0.3) is 0 Å². The molecule has 0 saturated heterocycles. The molecule has 158 valence electrons. The van der Waals surface area contributed by atoms with Gasteiger partial charge >= 0.3 is 0 Å². The molecule has 0 saturated carbocycles. The van der Waals surface area contributed by atoms with Crippen molar-refractivity contribution in [2.24, 2.45) is 0 Å². The van der Waals surface area contributed by atoms with Crippen LogP contribution in [0.2, 0.25) is 0 Å². The summed E-state index contributed by atoms with van der Waals surface area (Å²) in [5.41, 5.74) is 10.3. The first-order chi connectivity index (χ1) is 14.3. The van der Waals surface area contributed by atoms with Crippen molar-refractivity contribution in [3.8, 4) is 22.5 Å². The van der Waals surface area contributed by atoms with E-state index in [2.05, 4.69) is 19.7 Å².